The maximum Gasteiger partial charge on any atom is 0.334 e. The average molecular weight is 787 g/mol. The lowest BCUT2D eigenvalue weighted by Crippen LogP contribution is -2.63. The van der Waals surface area contributed by atoms with Gasteiger partial charge in [-0.2, -0.15) is 0 Å². The molecule has 2 fully saturated rings. The molecule has 11 bridgehead atoms. The Labute approximate surface area is 337 Å². The molecule has 3 aromatic rings. The van der Waals surface area contributed by atoms with Crippen LogP contribution < -0.4 is 4.74 Å². The largest absolute Gasteiger partial charge is 0.508 e. The highest BCUT2D eigenvalue weighted by atomic mass is 16.6. The summed E-state index contributed by atoms with van der Waals surface area (Å²) in [6.07, 6.45) is 1.95. The third kappa shape index (κ3) is 6.71. The molecule has 0 spiro atoms. The third-order valence-electron chi connectivity index (χ3n) is 14.4. The second-order valence-electron chi connectivity index (χ2n) is 17.5. The number of Topliss-reactive ketones (excluding diaryl/α,β-unsaturated/α-hetero) is 1. The van der Waals surface area contributed by atoms with Crippen molar-refractivity contribution in [3.8, 4) is 29.1 Å². The molecular weight excluding hydrogens is 737 g/mol. The minimum Gasteiger partial charge on any atom is -0.508 e. The van der Waals surface area contributed by atoms with Crippen LogP contribution in [0.4, 0.5) is 0 Å². The van der Waals surface area contributed by atoms with Gasteiger partial charge in [-0.1, -0.05) is 49.5 Å². The first kappa shape index (κ1) is 38.6. The van der Waals surface area contributed by atoms with Gasteiger partial charge >= 0.3 is 11.9 Å². The number of aliphatic hydroxyl groups is 3. The van der Waals surface area contributed by atoms with Crippen molar-refractivity contribution in [3.63, 3.8) is 0 Å². The molecule has 10 nitrogen and oxygen atoms in total. The van der Waals surface area contributed by atoms with Crippen molar-refractivity contribution in [1.82, 2.24) is 0 Å². The molecule has 0 radical (unpaired) electrons. The number of phenolic OH excluding ortho intramolecular Hbond substituents is 2. The summed E-state index contributed by atoms with van der Waals surface area (Å²) in [4.78, 5) is 42.2. The Bertz CT molecular complexity index is 2300. The molecule has 9 atom stereocenters. The van der Waals surface area contributed by atoms with Crippen molar-refractivity contribution in [3.05, 3.63) is 98.6 Å². The topological polar surface area (TPSA) is 171 Å². The third-order valence-corrected chi connectivity index (χ3v) is 14.4. The predicted molar refractivity (Wildman–Crippen MR) is 212 cm³/mol. The maximum absolute atomic E-state index is 15.3. The van der Waals surface area contributed by atoms with E-state index in [4.69, 9.17) is 9.47 Å². The normalized spacial score (nSPS) is 32.9. The van der Waals surface area contributed by atoms with E-state index in [1.165, 1.54) is 12.1 Å². The first-order valence-corrected chi connectivity index (χ1v) is 20.9. The Kier molecular flexibility index (Phi) is 9.98. The molecule has 2 saturated carbocycles. The maximum atomic E-state index is 15.3. The number of carbonyl (C=O) groups is 3. The summed E-state index contributed by atoms with van der Waals surface area (Å²) < 4.78 is 12.4. The number of rotatable bonds is 3. The van der Waals surface area contributed by atoms with Gasteiger partial charge in [0.25, 0.3) is 0 Å². The van der Waals surface area contributed by atoms with E-state index in [1.54, 1.807) is 18.2 Å². The molecule has 3 aliphatic carbocycles. The van der Waals surface area contributed by atoms with Gasteiger partial charge in [0.2, 0.25) is 0 Å². The molecule has 3 aromatic carbocycles. The minimum absolute atomic E-state index is 0.0357. The van der Waals surface area contributed by atoms with Gasteiger partial charge in [-0.05, 0) is 120 Å². The zero-order chi connectivity index (χ0) is 40.5. The van der Waals surface area contributed by atoms with E-state index in [-0.39, 0.29) is 84.6 Å². The van der Waals surface area contributed by atoms with Gasteiger partial charge in [0.15, 0.2) is 0 Å². The van der Waals surface area contributed by atoms with Crippen LogP contribution in [0.25, 0.3) is 0 Å². The van der Waals surface area contributed by atoms with Gasteiger partial charge in [0, 0.05) is 48.3 Å². The van der Waals surface area contributed by atoms with E-state index < -0.39 is 41.6 Å². The number of ether oxygens (including phenoxy) is 2. The average Bonchev–Trinajstić information content (AvgIpc) is 3.35. The molecule has 0 unspecified atom stereocenters. The smallest absolute Gasteiger partial charge is 0.334 e. The molecule has 5 N–H and O–H groups in total. The molecule has 9 rings (SSSR count). The van der Waals surface area contributed by atoms with Crippen molar-refractivity contribution < 1.29 is 49.4 Å². The van der Waals surface area contributed by atoms with Crippen LogP contribution in [0, 0.1) is 35.5 Å². The molecule has 0 saturated heterocycles. The van der Waals surface area contributed by atoms with E-state index in [0.717, 1.165) is 23.1 Å². The summed E-state index contributed by atoms with van der Waals surface area (Å²) in [5.41, 5.74) is 4.10. The molecule has 0 amide bonds. The number of carbonyl (C=O) groups excluding carboxylic acids is 3. The lowest BCUT2D eigenvalue weighted by molar-refractivity contribution is -0.212. The van der Waals surface area contributed by atoms with Crippen LogP contribution in [0.5, 0.6) is 17.2 Å². The van der Waals surface area contributed by atoms with Crippen molar-refractivity contribution in [1.29, 1.82) is 0 Å². The molecule has 58 heavy (non-hydrogen) atoms. The molecule has 302 valence electrons. The quantitative estimate of drug-likeness (QED) is 0.124. The molecule has 3 heterocycles. The van der Waals surface area contributed by atoms with Gasteiger partial charge in [-0.15, -0.1) is 0 Å². The number of ketones is 1. The highest BCUT2D eigenvalue weighted by Gasteiger charge is 2.59. The Morgan fingerprint density at radius 3 is 2.47 bits per heavy atom. The first-order valence-electron chi connectivity index (χ1n) is 20.9. The monoisotopic (exact) mass is 786 g/mol. The summed E-state index contributed by atoms with van der Waals surface area (Å²) in [7, 11) is 0. The summed E-state index contributed by atoms with van der Waals surface area (Å²) in [5.74, 6) is 2.88. The number of aryl methyl sites for hydroxylation is 1. The second kappa shape index (κ2) is 15.0. The number of aliphatic hydroxyl groups excluding tert-OH is 2. The van der Waals surface area contributed by atoms with E-state index in [2.05, 4.69) is 30.0 Å². The number of benzene rings is 3. The molecule has 10 heteroatoms. The Balaban J connectivity index is 1.30. The zero-order valence-electron chi connectivity index (χ0n) is 32.7. The summed E-state index contributed by atoms with van der Waals surface area (Å²) in [6.45, 7) is 1.67. The SMILES string of the molecule is CC[C@H]1CC[C@@H]2[C@H]3Cc4ccc5c(c4)C[C@H](O)/C(=C4/C[C@@H](c6cc(O)cc(CO)c6)C#C[C@H]6CC(=O)Oc7cc(O)c(cc76)C[C@@H](OC4=O)[C@@]1(O)[C@H]2CCC3=O)CC5. The lowest BCUT2D eigenvalue weighted by Gasteiger charge is -2.56. The fourth-order valence-corrected chi connectivity index (χ4v) is 11.5. The van der Waals surface area contributed by atoms with Gasteiger partial charge in [-0.25, -0.2) is 4.79 Å². The summed E-state index contributed by atoms with van der Waals surface area (Å²) in [5, 5.41) is 58.2. The Morgan fingerprint density at radius 1 is 0.828 bits per heavy atom. The second-order valence-corrected chi connectivity index (χ2v) is 17.5. The predicted octanol–water partition coefficient (Wildman–Crippen LogP) is 5.79. The number of hydrogen-bond donors (Lipinski definition) is 5. The van der Waals surface area contributed by atoms with Gasteiger partial charge in [-0.3, -0.25) is 9.59 Å². The number of phenols is 2. The molecular formula is C48H50O10. The van der Waals surface area contributed by atoms with Gasteiger partial charge in [0.05, 0.1) is 25.0 Å². The van der Waals surface area contributed by atoms with Gasteiger partial charge in [0.1, 0.15) is 34.7 Å². The van der Waals surface area contributed by atoms with E-state index in [0.29, 0.717) is 72.8 Å². The number of aromatic hydroxyl groups is 2. The van der Waals surface area contributed by atoms with Crippen LogP contribution in [0.1, 0.15) is 109 Å². The highest BCUT2D eigenvalue weighted by molar-refractivity contribution is 5.90. The van der Waals surface area contributed by atoms with Crippen molar-refractivity contribution in [2.45, 2.75) is 120 Å². The van der Waals surface area contributed by atoms with Crippen LogP contribution in [0.3, 0.4) is 0 Å². The lowest BCUT2D eigenvalue weighted by atomic mass is 9.53. The van der Waals surface area contributed by atoms with Crippen LogP contribution >= 0.6 is 0 Å². The van der Waals surface area contributed by atoms with Gasteiger partial charge < -0.3 is 35.0 Å². The van der Waals surface area contributed by atoms with Crippen molar-refractivity contribution in [2.24, 2.45) is 23.7 Å². The molecule has 3 aliphatic heterocycles. The fraction of sp³-hybridized carbons (Fsp3) is 0.479. The first-order chi connectivity index (χ1) is 27.9. The standard InChI is InChI=1S/C48H50O10/c1-2-33-8-10-35-38-16-25-3-4-27-7-9-36(43(53)20-31(27)13-25)39-18-28(30-14-26(24-49)15-34(50)17-30)5-6-29-22-46(54)57-44-23-42(52)32(19-37(29)44)21-45(58-47(39)55)48(33,56)40(35)11-12-41(38)51/h3-4,13-15,17,19,23,28-29,33,35,38,40,43,45,49-50,52-53,56H,2,7-12,16,18,20-22,24H2,1H3/b39-36-/t28-,29-,33-,35+,38+,40-,43-,45+,48-/m0/s1. The Morgan fingerprint density at radius 2 is 1.66 bits per heavy atom. The van der Waals surface area contributed by atoms with Crippen LogP contribution in [-0.4, -0.2) is 61.1 Å². The van der Waals surface area contributed by atoms with Crippen LogP contribution in [0.15, 0.2) is 59.7 Å². The number of esters is 2. The summed E-state index contributed by atoms with van der Waals surface area (Å²) in [6, 6.07) is 14.1. The van der Waals surface area contributed by atoms with E-state index in [1.807, 2.05) is 6.92 Å². The molecule has 0 aromatic heterocycles. The highest BCUT2D eigenvalue weighted by Crippen LogP contribution is 2.55. The fourth-order valence-electron chi connectivity index (χ4n) is 11.5. The minimum atomic E-state index is -1.59. The van der Waals surface area contributed by atoms with Crippen LogP contribution in [-0.2, 0) is 51.4 Å². The van der Waals surface area contributed by atoms with Crippen molar-refractivity contribution >= 4 is 17.7 Å². The van der Waals surface area contributed by atoms with Crippen molar-refractivity contribution in [2.75, 3.05) is 0 Å². The van der Waals surface area contributed by atoms with E-state index >= 15 is 4.79 Å². The van der Waals surface area contributed by atoms with Crippen LogP contribution in [0.2, 0.25) is 0 Å². The zero-order valence-corrected chi connectivity index (χ0v) is 32.7. The Hall–Kier alpha value is -4.95. The number of hydrogen-bond acceptors (Lipinski definition) is 10. The number of fused-ring (bicyclic) bond motifs is 8. The van der Waals surface area contributed by atoms with E-state index in [9.17, 15) is 35.1 Å². The molecule has 6 aliphatic rings. The summed E-state index contributed by atoms with van der Waals surface area (Å²) >= 11 is 0.